The molecule has 2 N–H and O–H groups in total. The maximum Gasteiger partial charge on any atom is 0.416 e. The molecular weight excluding hydrogens is 653 g/mol. The van der Waals surface area contributed by atoms with Crippen molar-refractivity contribution in [2.75, 3.05) is 31.6 Å². The molecule has 3 aliphatic rings. The summed E-state index contributed by atoms with van der Waals surface area (Å²) >= 11 is 6.13. The summed E-state index contributed by atoms with van der Waals surface area (Å²) < 4.78 is 47.9. The number of H-pyrrole nitrogens is 1. The van der Waals surface area contributed by atoms with Crippen molar-refractivity contribution in [3.8, 4) is 0 Å². The van der Waals surface area contributed by atoms with E-state index in [0.29, 0.717) is 74.8 Å². The first kappa shape index (κ1) is 32.1. The number of fused-ring (bicyclic) bond motifs is 3. The second-order valence-electron chi connectivity index (χ2n) is 12.6. The number of nitrogens with zero attached hydrogens (tertiary/aromatic N) is 6. The van der Waals surface area contributed by atoms with Crippen LogP contribution in [0.5, 0.6) is 0 Å². The molecule has 2 amide bonds. The molecule has 1 fully saturated rings. The number of carbonyl (C=O) groups excluding carboxylic acids is 2. The minimum atomic E-state index is -4.59. The average Bonchev–Trinajstić information content (AvgIpc) is 3.77. The Morgan fingerprint density at radius 1 is 1.21 bits per heavy atom. The van der Waals surface area contributed by atoms with Crippen molar-refractivity contribution in [2.45, 2.75) is 57.7 Å². The highest BCUT2D eigenvalue weighted by Crippen LogP contribution is 2.49. The monoisotopic (exact) mass is 684 g/mol. The van der Waals surface area contributed by atoms with Gasteiger partial charge in [0.05, 0.1) is 29.5 Å². The first-order chi connectivity index (χ1) is 22.9. The van der Waals surface area contributed by atoms with Gasteiger partial charge in [0.2, 0.25) is 11.7 Å². The fourth-order valence-electron chi connectivity index (χ4n) is 7.24. The van der Waals surface area contributed by atoms with E-state index in [4.69, 9.17) is 21.3 Å². The Hall–Kier alpha value is -4.50. The molecule has 1 aliphatic carbocycles. The van der Waals surface area contributed by atoms with Crippen molar-refractivity contribution >= 4 is 40.5 Å². The molecule has 48 heavy (non-hydrogen) atoms. The second kappa shape index (κ2) is 11.9. The smallest absolute Gasteiger partial charge is 0.377 e. The number of aromatic amines is 1. The van der Waals surface area contributed by atoms with Crippen LogP contribution in [-0.4, -0.2) is 72.4 Å². The number of anilines is 1. The largest absolute Gasteiger partial charge is 0.416 e. The lowest BCUT2D eigenvalue weighted by molar-refractivity contribution is -0.137. The summed E-state index contributed by atoms with van der Waals surface area (Å²) in [7, 11) is 0. The summed E-state index contributed by atoms with van der Waals surface area (Å²) in [5.41, 5.74) is 1.31. The van der Waals surface area contributed by atoms with Crippen molar-refractivity contribution in [1.82, 2.24) is 34.3 Å². The molecule has 3 aromatic heterocycles. The molecule has 16 heteroatoms. The number of hydrogen-bond acceptors (Lipinski definition) is 7. The normalized spacial score (nSPS) is 19.1. The zero-order valence-electron chi connectivity index (χ0n) is 26.2. The van der Waals surface area contributed by atoms with Crippen LogP contribution in [0.25, 0.3) is 11.4 Å². The Kier molecular flexibility index (Phi) is 7.94. The van der Waals surface area contributed by atoms with Crippen LogP contribution in [0.3, 0.4) is 0 Å². The molecule has 12 nitrogen and oxygen atoms in total. The van der Waals surface area contributed by atoms with Gasteiger partial charge in [-0.25, -0.2) is 0 Å². The van der Waals surface area contributed by atoms with Gasteiger partial charge in [-0.1, -0.05) is 24.6 Å². The topological polar surface area (TPSA) is 140 Å². The van der Waals surface area contributed by atoms with E-state index >= 15 is 0 Å². The molecule has 2 aliphatic heterocycles. The van der Waals surface area contributed by atoms with Crippen LogP contribution in [0.15, 0.2) is 35.1 Å². The number of rotatable bonds is 5. The number of alkyl halides is 3. The quantitative estimate of drug-likeness (QED) is 0.318. The Labute approximate surface area is 276 Å². The molecule has 7 rings (SSSR count). The Morgan fingerprint density at radius 2 is 1.98 bits per heavy atom. The Bertz CT molecular complexity index is 2040. The minimum absolute atomic E-state index is 0.00599. The summed E-state index contributed by atoms with van der Waals surface area (Å²) in [6.45, 7) is 5.28. The fourth-order valence-corrected chi connectivity index (χ4v) is 7.47. The predicted octanol–water partition coefficient (Wildman–Crippen LogP) is 4.40. The number of piperidine rings is 1. The van der Waals surface area contributed by atoms with E-state index in [1.165, 1.54) is 4.52 Å². The van der Waals surface area contributed by atoms with Gasteiger partial charge in [-0.05, 0) is 68.4 Å². The molecule has 5 heterocycles. The summed E-state index contributed by atoms with van der Waals surface area (Å²) in [4.78, 5) is 47.5. The number of hydrogen-bond donors (Lipinski definition) is 2. The molecule has 1 saturated heterocycles. The maximum absolute atomic E-state index is 14.4. The number of carbonyl (C=O) groups is 2. The van der Waals surface area contributed by atoms with Gasteiger partial charge in [0, 0.05) is 35.5 Å². The lowest BCUT2D eigenvalue weighted by Crippen LogP contribution is -2.49. The van der Waals surface area contributed by atoms with Crippen molar-refractivity contribution in [3.63, 3.8) is 0 Å². The van der Waals surface area contributed by atoms with Gasteiger partial charge >= 0.3 is 6.18 Å². The number of amides is 2. The number of nitrogens with one attached hydrogen (secondary N) is 2. The first-order valence-electron chi connectivity index (χ1n) is 15.6. The van der Waals surface area contributed by atoms with Gasteiger partial charge in [-0.2, -0.15) is 27.8 Å². The number of aromatic nitrogens is 6. The molecule has 1 atom stereocenters. The van der Waals surface area contributed by atoms with Crippen LogP contribution >= 0.6 is 11.6 Å². The Morgan fingerprint density at radius 3 is 2.62 bits per heavy atom. The van der Waals surface area contributed by atoms with Crippen molar-refractivity contribution in [2.24, 2.45) is 5.92 Å². The Balaban J connectivity index is 1.26. The molecule has 1 aromatic carbocycles. The molecule has 252 valence electrons. The van der Waals surface area contributed by atoms with Crippen LogP contribution in [-0.2, 0) is 34.1 Å². The van der Waals surface area contributed by atoms with E-state index in [1.54, 1.807) is 15.5 Å². The van der Waals surface area contributed by atoms with Crippen molar-refractivity contribution in [1.29, 1.82) is 0 Å². The number of likely N-dealkylation sites (tertiary alicyclic amines) is 1. The van der Waals surface area contributed by atoms with Gasteiger partial charge in [-0.3, -0.25) is 19.5 Å². The zero-order chi connectivity index (χ0) is 34.0. The summed E-state index contributed by atoms with van der Waals surface area (Å²) in [6, 6.07) is 4.42. The average molecular weight is 685 g/mol. The van der Waals surface area contributed by atoms with Crippen molar-refractivity contribution < 1.29 is 27.5 Å². The summed E-state index contributed by atoms with van der Waals surface area (Å²) in [5, 5.41) is 13.9. The van der Waals surface area contributed by atoms with Crippen LogP contribution in [0.4, 0.5) is 18.9 Å². The van der Waals surface area contributed by atoms with E-state index in [9.17, 15) is 27.6 Å². The number of ether oxygens (including phenoxy) is 1. The van der Waals surface area contributed by atoms with Gasteiger partial charge in [-0.15, -0.1) is 5.10 Å². The van der Waals surface area contributed by atoms with Crippen LogP contribution in [0.2, 0.25) is 5.02 Å². The SMILES string of the molecule is Cc1cc(C(=O)N2CCC3(CC2)c2c(n(CC(=O)Nc4ccc(C(F)(F)F)cc4Cl)c4nc(C5=CCOCC5)nn4c2=O)CC3C)n[nH]1. The van der Waals surface area contributed by atoms with Crippen LogP contribution < -0.4 is 10.9 Å². The van der Waals surface area contributed by atoms with E-state index in [-0.39, 0.29) is 40.4 Å². The zero-order valence-corrected chi connectivity index (χ0v) is 26.9. The lowest BCUT2D eigenvalue weighted by Gasteiger charge is -2.42. The standard InChI is InChI=1S/C32H32ClF3N8O4/c1-17-13-24-26(31(17)7-9-42(10-8-31)28(46)23-14-18(2)39-40-23)29(47)44-30(38-27(41-44)19-5-11-48-12-6-19)43(24)16-25(45)37-22-4-3-20(15-21(22)33)32(34,35)36/h3-5,14-15,17H,6-13,16H2,1-2H3,(H,37,45)(H,39,40). The molecule has 0 bridgehead atoms. The first-order valence-corrected chi connectivity index (χ1v) is 16.0. The number of halogens is 4. The predicted molar refractivity (Wildman–Crippen MR) is 169 cm³/mol. The third-order valence-corrected chi connectivity index (χ3v) is 10.1. The molecule has 1 spiro atoms. The minimum Gasteiger partial charge on any atom is -0.377 e. The third kappa shape index (κ3) is 5.48. The van der Waals surface area contributed by atoms with Gasteiger partial charge in [0.1, 0.15) is 12.2 Å². The number of benzene rings is 1. The van der Waals surface area contributed by atoms with Crippen LogP contribution in [0.1, 0.15) is 65.0 Å². The van der Waals surface area contributed by atoms with Gasteiger partial charge in [0.15, 0.2) is 5.82 Å². The van der Waals surface area contributed by atoms with E-state index < -0.39 is 23.1 Å². The second-order valence-corrected chi connectivity index (χ2v) is 13.1. The van der Waals surface area contributed by atoms with E-state index in [2.05, 4.69) is 27.5 Å². The summed E-state index contributed by atoms with van der Waals surface area (Å²) in [6.07, 6.45) is -0.660. The fraction of sp³-hybridized carbons (Fsp3) is 0.438. The molecule has 0 saturated carbocycles. The molecular formula is C32H32ClF3N8O4. The van der Waals surface area contributed by atoms with Gasteiger partial charge < -0.3 is 19.5 Å². The third-order valence-electron chi connectivity index (χ3n) is 9.78. The van der Waals surface area contributed by atoms with Gasteiger partial charge in [0.25, 0.3) is 11.5 Å². The highest BCUT2D eigenvalue weighted by atomic mass is 35.5. The lowest BCUT2D eigenvalue weighted by atomic mass is 9.69. The van der Waals surface area contributed by atoms with Crippen molar-refractivity contribution in [3.05, 3.63) is 79.8 Å². The highest BCUT2D eigenvalue weighted by Gasteiger charge is 2.50. The maximum atomic E-state index is 14.4. The molecule has 1 unspecified atom stereocenters. The summed E-state index contributed by atoms with van der Waals surface area (Å²) in [5.74, 6) is -0.218. The molecule has 0 radical (unpaired) electrons. The highest BCUT2D eigenvalue weighted by molar-refractivity contribution is 6.33. The van der Waals surface area contributed by atoms with Crippen LogP contribution in [0, 0.1) is 12.8 Å². The van der Waals surface area contributed by atoms with E-state index in [0.717, 1.165) is 29.5 Å². The van der Waals surface area contributed by atoms with E-state index in [1.807, 2.05) is 13.0 Å². The number of aryl methyl sites for hydroxylation is 1. The molecule has 4 aromatic rings.